The van der Waals surface area contributed by atoms with Crippen molar-refractivity contribution in [2.75, 3.05) is 5.32 Å². The van der Waals surface area contributed by atoms with Gasteiger partial charge < -0.3 is 5.32 Å². The largest absolute Gasteiger partial charge is 0.381 e. The number of rotatable bonds is 5. The highest BCUT2D eigenvalue weighted by Gasteiger charge is 2.11. The van der Waals surface area contributed by atoms with Crippen LogP contribution >= 0.6 is 0 Å². The van der Waals surface area contributed by atoms with Gasteiger partial charge in [-0.15, -0.1) is 0 Å². The monoisotopic (exact) mass is 279 g/mol. The first-order valence-electron chi connectivity index (χ1n) is 8.27. The molecule has 2 aromatic rings. The van der Waals surface area contributed by atoms with Gasteiger partial charge in [0.05, 0.1) is 0 Å². The van der Waals surface area contributed by atoms with Crippen LogP contribution in [0.4, 0.5) is 5.69 Å². The zero-order valence-electron chi connectivity index (χ0n) is 13.2. The van der Waals surface area contributed by atoms with E-state index in [0.717, 1.165) is 19.4 Å². The summed E-state index contributed by atoms with van der Waals surface area (Å²) >= 11 is 0. The van der Waals surface area contributed by atoms with E-state index in [1.165, 1.54) is 41.6 Å². The van der Waals surface area contributed by atoms with E-state index in [4.69, 9.17) is 0 Å². The topological polar surface area (TPSA) is 12.0 Å². The lowest BCUT2D eigenvalue weighted by Gasteiger charge is -2.16. The Hall–Kier alpha value is -1.76. The Balaban J connectivity index is 1.78. The molecule has 0 radical (unpaired) electrons. The smallest absolute Gasteiger partial charge is 0.0407 e. The second-order valence-corrected chi connectivity index (χ2v) is 5.97. The van der Waals surface area contributed by atoms with Gasteiger partial charge in [-0.3, -0.25) is 0 Å². The van der Waals surface area contributed by atoms with Crippen molar-refractivity contribution in [3.63, 3.8) is 0 Å². The second kappa shape index (κ2) is 6.34. The molecule has 0 spiro atoms. The first kappa shape index (κ1) is 14.2. The van der Waals surface area contributed by atoms with Crippen molar-refractivity contribution in [1.29, 1.82) is 0 Å². The number of aryl methyl sites for hydroxylation is 4. The minimum Gasteiger partial charge on any atom is -0.381 e. The van der Waals surface area contributed by atoms with Crippen LogP contribution in [0.1, 0.15) is 48.1 Å². The normalized spacial score (nSPS) is 13.2. The van der Waals surface area contributed by atoms with Gasteiger partial charge in [-0.05, 0) is 59.9 Å². The summed E-state index contributed by atoms with van der Waals surface area (Å²) < 4.78 is 0. The van der Waals surface area contributed by atoms with Crippen molar-refractivity contribution in [2.45, 2.75) is 52.5 Å². The molecule has 1 aliphatic carbocycles. The van der Waals surface area contributed by atoms with Gasteiger partial charge in [0, 0.05) is 12.2 Å². The molecule has 0 unspecified atom stereocenters. The van der Waals surface area contributed by atoms with E-state index < -0.39 is 0 Å². The summed E-state index contributed by atoms with van der Waals surface area (Å²) in [5.41, 5.74) is 8.73. The van der Waals surface area contributed by atoms with E-state index in [9.17, 15) is 0 Å². The van der Waals surface area contributed by atoms with E-state index in [2.05, 4.69) is 55.6 Å². The van der Waals surface area contributed by atoms with E-state index in [1.807, 2.05) is 0 Å². The van der Waals surface area contributed by atoms with Gasteiger partial charge in [-0.2, -0.15) is 0 Å². The standard InChI is InChI=1S/C20H25N/c1-3-16-7-5-8-17(4-2)20(16)21-14-15-11-12-18-9-6-10-19(18)13-15/h5,7-8,11-13,21H,3-4,6,9-10,14H2,1-2H3. The summed E-state index contributed by atoms with van der Waals surface area (Å²) in [6.45, 7) is 5.39. The molecule has 0 amide bonds. The third kappa shape index (κ3) is 2.97. The summed E-state index contributed by atoms with van der Waals surface area (Å²) in [5, 5.41) is 3.69. The maximum absolute atomic E-state index is 3.69. The highest BCUT2D eigenvalue weighted by molar-refractivity contribution is 5.58. The fraction of sp³-hybridized carbons (Fsp3) is 0.400. The highest BCUT2D eigenvalue weighted by Crippen LogP contribution is 2.25. The Morgan fingerprint density at radius 2 is 1.62 bits per heavy atom. The van der Waals surface area contributed by atoms with Crippen LogP contribution in [-0.2, 0) is 32.2 Å². The molecule has 1 nitrogen and oxygen atoms in total. The maximum atomic E-state index is 3.69. The number of benzene rings is 2. The van der Waals surface area contributed by atoms with Crippen LogP contribution in [0, 0.1) is 0 Å². The molecule has 0 heterocycles. The van der Waals surface area contributed by atoms with Crippen LogP contribution in [0.25, 0.3) is 0 Å². The summed E-state index contributed by atoms with van der Waals surface area (Å²) in [5.74, 6) is 0. The number of fused-ring (bicyclic) bond motifs is 1. The van der Waals surface area contributed by atoms with Gasteiger partial charge in [-0.25, -0.2) is 0 Å². The molecule has 0 saturated carbocycles. The molecule has 2 aromatic carbocycles. The Morgan fingerprint density at radius 3 is 2.33 bits per heavy atom. The van der Waals surface area contributed by atoms with Crippen LogP contribution in [0.2, 0.25) is 0 Å². The predicted molar refractivity (Wildman–Crippen MR) is 91.0 cm³/mol. The van der Waals surface area contributed by atoms with Crippen molar-refractivity contribution < 1.29 is 0 Å². The van der Waals surface area contributed by atoms with Crippen molar-refractivity contribution in [1.82, 2.24) is 0 Å². The minimum absolute atomic E-state index is 0.928. The van der Waals surface area contributed by atoms with Gasteiger partial charge in [0.1, 0.15) is 0 Å². The van der Waals surface area contributed by atoms with Gasteiger partial charge >= 0.3 is 0 Å². The molecule has 3 rings (SSSR count). The summed E-state index contributed by atoms with van der Waals surface area (Å²) in [4.78, 5) is 0. The van der Waals surface area contributed by atoms with Gasteiger partial charge in [0.2, 0.25) is 0 Å². The van der Waals surface area contributed by atoms with E-state index in [0.29, 0.717) is 0 Å². The Kier molecular flexibility index (Phi) is 4.28. The van der Waals surface area contributed by atoms with Crippen molar-refractivity contribution in [3.05, 3.63) is 64.2 Å². The number of anilines is 1. The average molecular weight is 279 g/mol. The zero-order chi connectivity index (χ0) is 14.7. The van der Waals surface area contributed by atoms with E-state index in [-0.39, 0.29) is 0 Å². The predicted octanol–water partition coefficient (Wildman–Crippen LogP) is 4.91. The Morgan fingerprint density at radius 1 is 0.905 bits per heavy atom. The number of hydrogen-bond acceptors (Lipinski definition) is 1. The van der Waals surface area contributed by atoms with Crippen LogP contribution < -0.4 is 5.32 Å². The van der Waals surface area contributed by atoms with Crippen LogP contribution in [0.3, 0.4) is 0 Å². The molecule has 0 bridgehead atoms. The fourth-order valence-electron chi connectivity index (χ4n) is 3.40. The molecule has 0 aliphatic heterocycles. The lowest BCUT2D eigenvalue weighted by molar-refractivity contribution is 0.911. The highest BCUT2D eigenvalue weighted by atomic mass is 14.9. The number of para-hydroxylation sites is 1. The Bertz CT molecular complexity index is 605. The van der Waals surface area contributed by atoms with Crippen LogP contribution in [0.5, 0.6) is 0 Å². The zero-order valence-corrected chi connectivity index (χ0v) is 13.2. The summed E-state index contributed by atoms with van der Waals surface area (Å²) in [6.07, 6.45) is 6.02. The number of nitrogens with one attached hydrogen (secondary N) is 1. The number of hydrogen-bond donors (Lipinski definition) is 1. The van der Waals surface area contributed by atoms with Crippen LogP contribution in [-0.4, -0.2) is 0 Å². The molecular formula is C20H25N. The summed E-state index contributed by atoms with van der Waals surface area (Å²) in [7, 11) is 0. The van der Waals surface area contributed by atoms with Gasteiger partial charge in [-0.1, -0.05) is 50.2 Å². The molecule has 1 heteroatoms. The van der Waals surface area contributed by atoms with Crippen LogP contribution in [0.15, 0.2) is 36.4 Å². The molecule has 0 aromatic heterocycles. The third-order valence-corrected chi connectivity index (χ3v) is 4.63. The van der Waals surface area contributed by atoms with Crippen molar-refractivity contribution >= 4 is 5.69 Å². The average Bonchev–Trinajstić information content (AvgIpc) is 3.00. The minimum atomic E-state index is 0.928. The molecule has 110 valence electrons. The van der Waals surface area contributed by atoms with E-state index in [1.54, 1.807) is 11.1 Å². The molecule has 0 atom stereocenters. The molecule has 1 N–H and O–H groups in total. The van der Waals surface area contributed by atoms with E-state index >= 15 is 0 Å². The second-order valence-electron chi connectivity index (χ2n) is 5.97. The summed E-state index contributed by atoms with van der Waals surface area (Å²) in [6, 6.07) is 13.7. The maximum Gasteiger partial charge on any atom is 0.0407 e. The SMILES string of the molecule is CCc1cccc(CC)c1NCc1ccc2c(c1)CCC2. The lowest BCUT2D eigenvalue weighted by Crippen LogP contribution is -2.05. The van der Waals surface area contributed by atoms with Crippen molar-refractivity contribution in [3.8, 4) is 0 Å². The molecule has 1 aliphatic rings. The lowest BCUT2D eigenvalue weighted by atomic mass is 10.0. The van der Waals surface area contributed by atoms with Gasteiger partial charge in [0.15, 0.2) is 0 Å². The molecule has 0 saturated heterocycles. The quantitative estimate of drug-likeness (QED) is 0.819. The third-order valence-electron chi connectivity index (χ3n) is 4.63. The first-order valence-corrected chi connectivity index (χ1v) is 8.27. The Labute approximate surface area is 128 Å². The molecule has 0 fully saturated rings. The fourth-order valence-corrected chi connectivity index (χ4v) is 3.40. The molecular weight excluding hydrogens is 254 g/mol. The van der Waals surface area contributed by atoms with Gasteiger partial charge in [0.25, 0.3) is 0 Å². The van der Waals surface area contributed by atoms with Crippen molar-refractivity contribution in [2.24, 2.45) is 0 Å². The first-order chi connectivity index (χ1) is 10.3. The molecule has 21 heavy (non-hydrogen) atoms.